The van der Waals surface area contributed by atoms with E-state index in [-0.39, 0.29) is 24.9 Å². The van der Waals surface area contributed by atoms with E-state index in [1.54, 1.807) is 12.1 Å². The van der Waals surface area contributed by atoms with Crippen LogP contribution in [0.15, 0.2) is 22.8 Å². The molecular formula is C13H22N2O4S. The zero-order valence-corrected chi connectivity index (χ0v) is 12.9. The Morgan fingerprint density at radius 1 is 1.50 bits per heavy atom. The number of amides is 1. The molecule has 0 aliphatic heterocycles. The second kappa shape index (κ2) is 7.44. The van der Waals surface area contributed by atoms with Gasteiger partial charge in [0.1, 0.15) is 5.76 Å². The first kappa shape index (κ1) is 16.7. The van der Waals surface area contributed by atoms with E-state index in [2.05, 4.69) is 5.32 Å². The van der Waals surface area contributed by atoms with Gasteiger partial charge in [-0.1, -0.05) is 6.92 Å². The number of rotatable bonds is 8. The number of hydrogen-bond donors (Lipinski definition) is 1. The Morgan fingerprint density at radius 3 is 2.70 bits per heavy atom. The summed E-state index contributed by atoms with van der Waals surface area (Å²) in [7, 11) is -3.30. The van der Waals surface area contributed by atoms with Crippen LogP contribution in [0.4, 0.5) is 0 Å². The minimum Gasteiger partial charge on any atom is -0.467 e. The summed E-state index contributed by atoms with van der Waals surface area (Å²) in [6, 6.07) is 3.40. The molecule has 0 bridgehead atoms. The van der Waals surface area contributed by atoms with Gasteiger partial charge in [0.2, 0.25) is 15.9 Å². The number of carbonyl (C=O) groups excluding carboxylic acids is 1. The number of hydrogen-bond acceptors (Lipinski definition) is 4. The molecule has 1 rings (SSSR count). The summed E-state index contributed by atoms with van der Waals surface area (Å²) in [5.41, 5.74) is 0. The summed E-state index contributed by atoms with van der Waals surface area (Å²) in [6.07, 6.45) is 3.55. The van der Waals surface area contributed by atoms with Crippen LogP contribution in [0, 0.1) is 0 Å². The van der Waals surface area contributed by atoms with Crippen LogP contribution in [0.2, 0.25) is 0 Å². The molecule has 0 radical (unpaired) electrons. The predicted molar refractivity (Wildman–Crippen MR) is 76.5 cm³/mol. The van der Waals surface area contributed by atoms with Crippen molar-refractivity contribution >= 4 is 15.9 Å². The molecular weight excluding hydrogens is 280 g/mol. The lowest BCUT2D eigenvalue weighted by atomic mass is 10.2. The van der Waals surface area contributed by atoms with Gasteiger partial charge in [0.25, 0.3) is 0 Å². The lowest BCUT2D eigenvalue weighted by Gasteiger charge is -2.25. The third-order valence-electron chi connectivity index (χ3n) is 3.11. The molecule has 1 unspecified atom stereocenters. The molecule has 0 aliphatic rings. The summed E-state index contributed by atoms with van der Waals surface area (Å²) in [5.74, 6) is 0.471. The molecule has 0 fully saturated rings. The smallest absolute Gasteiger partial charge is 0.221 e. The van der Waals surface area contributed by atoms with Crippen molar-refractivity contribution in [1.29, 1.82) is 0 Å². The van der Waals surface area contributed by atoms with Crippen LogP contribution in [0.25, 0.3) is 0 Å². The van der Waals surface area contributed by atoms with E-state index >= 15 is 0 Å². The van der Waals surface area contributed by atoms with E-state index < -0.39 is 10.0 Å². The highest BCUT2D eigenvalue weighted by molar-refractivity contribution is 7.88. The Hall–Kier alpha value is -1.34. The van der Waals surface area contributed by atoms with E-state index in [0.717, 1.165) is 0 Å². The fourth-order valence-corrected chi connectivity index (χ4v) is 3.04. The molecule has 1 aromatic heterocycles. The summed E-state index contributed by atoms with van der Waals surface area (Å²) in [5, 5.41) is 2.69. The molecule has 0 spiro atoms. The fourth-order valence-electron chi connectivity index (χ4n) is 1.82. The van der Waals surface area contributed by atoms with Crippen LogP contribution in [0.1, 0.15) is 32.4 Å². The lowest BCUT2D eigenvalue weighted by Crippen LogP contribution is -2.40. The quantitative estimate of drug-likeness (QED) is 0.786. The molecule has 1 aromatic rings. The first-order chi connectivity index (χ1) is 9.34. The van der Waals surface area contributed by atoms with Crippen molar-refractivity contribution in [3.05, 3.63) is 24.2 Å². The Morgan fingerprint density at radius 2 is 2.20 bits per heavy atom. The standard InChI is InChI=1S/C13H22N2O4S/c1-4-11(2)15(20(3,17)18)8-7-13(16)14-10-12-6-5-9-19-12/h5-6,9,11H,4,7-8,10H2,1-3H3,(H,14,16). The first-order valence-electron chi connectivity index (χ1n) is 6.60. The maximum Gasteiger partial charge on any atom is 0.221 e. The van der Waals surface area contributed by atoms with Crippen LogP contribution in [-0.2, 0) is 21.4 Å². The van der Waals surface area contributed by atoms with Crippen LogP contribution >= 0.6 is 0 Å². The zero-order valence-electron chi connectivity index (χ0n) is 12.1. The second-order valence-electron chi connectivity index (χ2n) is 4.74. The first-order valence-corrected chi connectivity index (χ1v) is 8.45. The Bertz CT molecular complexity index is 510. The zero-order chi connectivity index (χ0) is 15.2. The topological polar surface area (TPSA) is 79.6 Å². The average molecular weight is 302 g/mol. The molecule has 0 saturated heterocycles. The van der Waals surface area contributed by atoms with Gasteiger partial charge in [-0.05, 0) is 25.5 Å². The molecule has 7 heteroatoms. The molecule has 1 N–H and O–H groups in total. The summed E-state index contributed by atoms with van der Waals surface area (Å²) in [4.78, 5) is 11.7. The van der Waals surface area contributed by atoms with Gasteiger partial charge in [-0.25, -0.2) is 8.42 Å². The van der Waals surface area contributed by atoms with Crippen molar-refractivity contribution in [2.45, 2.75) is 39.3 Å². The van der Waals surface area contributed by atoms with Crippen molar-refractivity contribution in [2.75, 3.05) is 12.8 Å². The normalized spacial score (nSPS) is 13.4. The number of nitrogens with zero attached hydrogens (tertiary/aromatic N) is 1. The van der Waals surface area contributed by atoms with E-state index in [9.17, 15) is 13.2 Å². The highest BCUT2D eigenvalue weighted by atomic mass is 32.2. The highest BCUT2D eigenvalue weighted by Crippen LogP contribution is 2.09. The number of furan rings is 1. The molecule has 1 amide bonds. The average Bonchev–Trinajstić information content (AvgIpc) is 2.87. The SMILES string of the molecule is CCC(C)N(CCC(=O)NCc1ccco1)S(C)(=O)=O. The number of sulfonamides is 1. The van der Waals surface area contributed by atoms with Gasteiger partial charge in [-0.2, -0.15) is 4.31 Å². The summed E-state index contributed by atoms with van der Waals surface area (Å²) < 4.78 is 29.8. The molecule has 1 heterocycles. The number of nitrogens with one attached hydrogen (secondary N) is 1. The van der Waals surface area contributed by atoms with Gasteiger partial charge in [0.05, 0.1) is 19.1 Å². The largest absolute Gasteiger partial charge is 0.467 e. The Balaban J connectivity index is 2.44. The van der Waals surface area contributed by atoms with Gasteiger partial charge in [0.15, 0.2) is 0 Å². The molecule has 0 aromatic carbocycles. The third-order valence-corrected chi connectivity index (χ3v) is 4.50. The minimum absolute atomic E-state index is 0.108. The number of carbonyl (C=O) groups is 1. The van der Waals surface area contributed by atoms with Crippen LogP contribution in [0.3, 0.4) is 0 Å². The maximum absolute atomic E-state index is 11.7. The van der Waals surface area contributed by atoms with E-state index in [1.807, 2.05) is 13.8 Å². The molecule has 0 aliphatic carbocycles. The van der Waals surface area contributed by atoms with Gasteiger partial charge in [-0.3, -0.25) is 4.79 Å². The molecule has 1 atom stereocenters. The van der Waals surface area contributed by atoms with Gasteiger partial charge >= 0.3 is 0 Å². The Labute approximate surface area is 120 Å². The van der Waals surface area contributed by atoms with E-state index in [4.69, 9.17) is 4.42 Å². The second-order valence-corrected chi connectivity index (χ2v) is 6.67. The van der Waals surface area contributed by atoms with Gasteiger partial charge < -0.3 is 9.73 Å². The molecule has 20 heavy (non-hydrogen) atoms. The van der Waals surface area contributed by atoms with Crippen LogP contribution < -0.4 is 5.32 Å². The Kier molecular flexibility index (Phi) is 6.22. The van der Waals surface area contributed by atoms with Crippen LogP contribution in [0.5, 0.6) is 0 Å². The molecule has 0 saturated carbocycles. The van der Waals surface area contributed by atoms with Crippen molar-refractivity contribution in [3.8, 4) is 0 Å². The van der Waals surface area contributed by atoms with Crippen LogP contribution in [-0.4, -0.2) is 37.5 Å². The third kappa shape index (κ3) is 5.34. The van der Waals surface area contributed by atoms with Crippen molar-refractivity contribution < 1.29 is 17.6 Å². The monoisotopic (exact) mass is 302 g/mol. The molecule has 114 valence electrons. The van der Waals surface area contributed by atoms with Gasteiger partial charge in [0, 0.05) is 19.0 Å². The molecule has 6 nitrogen and oxygen atoms in total. The minimum atomic E-state index is -3.30. The fraction of sp³-hybridized carbons (Fsp3) is 0.615. The van der Waals surface area contributed by atoms with Crippen molar-refractivity contribution in [2.24, 2.45) is 0 Å². The van der Waals surface area contributed by atoms with Crippen molar-refractivity contribution in [1.82, 2.24) is 9.62 Å². The van der Waals surface area contributed by atoms with E-state index in [1.165, 1.54) is 16.8 Å². The van der Waals surface area contributed by atoms with Crippen molar-refractivity contribution in [3.63, 3.8) is 0 Å². The summed E-state index contributed by atoms with van der Waals surface area (Å²) in [6.45, 7) is 4.26. The maximum atomic E-state index is 11.7. The van der Waals surface area contributed by atoms with Gasteiger partial charge in [-0.15, -0.1) is 0 Å². The highest BCUT2D eigenvalue weighted by Gasteiger charge is 2.22. The summed E-state index contributed by atoms with van der Waals surface area (Å²) >= 11 is 0. The lowest BCUT2D eigenvalue weighted by molar-refractivity contribution is -0.121. The van der Waals surface area contributed by atoms with E-state index in [0.29, 0.717) is 18.7 Å². The predicted octanol–water partition coefficient (Wildman–Crippen LogP) is 1.35.